The molecular weight excluding hydrogens is 440 g/mol. The van der Waals surface area contributed by atoms with Crippen molar-refractivity contribution in [2.24, 2.45) is 0 Å². The lowest BCUT2D eigenvalue weighted by atomic mass is 10.0. The first-order valence-corrected chi connectivity index (χ1v) is 12.0. The highest BCUT2D eigenvalue weighted by atomic mass is 35.5. The Labute approximate surface area is 200 Å². The molecule has 1 atom stereocenters. The Morgan fingerprint density at radius 2 is 2.03 bits per heavy atom. The Hall–Kier alpha value is -2.45. The standard InChI is InChI=1S/C25H31ClN4O3/c26-22-16-20(9-10-23(31)29-33-24-8-4-5-15-32-24)17-27-25(22)28-21-11-13-30(14-12-21)18-19-6-2-1-3-7-19/h1-3,6-7,9-10,16-17,21,24H,4-5,8,11-15,18H2,(H,27,28)(H,29,31)/b10-9+. The summed E-state index contributed by atoms with van der Waals surface area (Å²) >= 11 is 6.45. The first kappa shape index (κ1) is 23.7. The number of hydrogen-bond acceptors (Lipinski definition) is 6. The van der Waals surface area contributed by atoms with Crippen LogP contribution in [0, 0.1) is 0 Å². The lowest BCUT2D eigenvalue weighted by Gasteiger charge is -2.32. The Morgan fingerprint density at radius 1 is 1.21 bits per heavy atom. The van der Waals surface area contributed by atoms with E-state index in [0.29, 0.717) is 23.5 Å². The average Bonchev–Trinajstić information content (AvgIpc) is 2.85. The molecule has 2 aliphatic rings. The van der Waals surface area contributed by atoms with Crippen molar-refractivity contribution >= 4 is 29.4 Å². The Balaban J connectivity index is 1.21. The lowest BCUT2D eigenvalue weighted by Crippen LogP contribution is -2.38. The summed E-state index contributed by atoms with van der Waals surface area (Å²) in [6.07, 6.45) is 9.30. The fourth-order valence-corrected chi connectivity index (χ4v) is 4.28. The zero-order valence-corrected chi connectivity index (χ0v) is 19.5. The Kier molecular flexibility index (Phi) is 8.72. The van der Waals surface area contributed by atoms with Crippen LogP contribution >= 0.6 is 11.6 Å². The third-order valence-corrected chi connectivity index (χ3v) is 6.18. The normalized spacial score (nSPS) is 20.1. The van der Waals surface area contributed by atoms with Gasteiger partial charge in [-0.15, -0.1) is 0 Å². The number of likely N-dealkylation sites (tertiary alicyclic amines) is 1. The molecule has 2 N–H and O–H groups in total. The van der Waals surface area contributed by atoms with Crippen LogP contribution in [0.15, 0.2) is 48.7 Å². The predicted octanol–water partition coefficient (Wildman–Crippen LogP) is 4.40. The maximum atomic E-state index is 12.0. The van der Waals surface area contributed by atoms with Gasteiger partial charge in [-0.1, -0.05) is 41.9 Å². The number of aromatic nitrogens is 1. The summed E-state index contributed by atoms with van der Waals surface area (Å²) in [6, 6.07) is 12.7. The SMILES string of the molecule is O=C(/C=C/c1cnc(NC2CCN(Cc3ccccc3)CC2)c(Cl)c1)NOC1CCCCO1. The number of pyridine rings is 1. The molecule has 0 aliphatic carbocycles. The molecule has 0 saturated carbocycles. The molecule has 2 saturated heterocycles. The van der Waals surface area contributed by atoms with E-state index in [1.165, 1.54) is 11.6 Å². The number of benzene rings is 1. The quantitative estimate of drug-likeness (QED) is 0.440. The minimum atomic E-state index is -0.372. The minimum absolute atomic E-state index is 0.341. The molecule has 1 aromatic carbocycles. The van der Waals surface area contributed by atoms with Crippen LogP contribution in [0.3, 0.4) is 0 Å². The van der Waals surface area contributed by atoms with Gasteiger partial charge in [-0.25, -0.2) is 15.3 Å². The second-order valence-electron chi connectivity index (χ2n) is 8.49. The molecule has 0 bridgehead atoms. The molecule has 1 amide bonds. The monoisotopic (exact) mass is 470 g/mol. The molecule has 2 aromatic rings. The van der Waals surface area contributed by atoms with Crippen molar-refractivity contribution in [2.45, 2.75) is 51.0 Å². The third-order valence-electron chi connectivity index (χ3n) is 5.90. The van der Waals surface area contributed by atoms with E-state index in [1.807, 2.05) is 6.07 Å². The van der Waals surface area contributed by atoms with Crippen LogP contribution in [0.4, 0.5) is 5.82 Å². The number of rotatable bonds is 8. The number of amides is 1. The van der Waals surface area contributed by atoms with Crippen LogP contribution in [-0.2, 0) is 20.9 Å². The number of nitrogens with one attached hydrogen (secondary N) is 2. The second-order valence-corrected chi connectivity index (χ2v) is 8.90. The van der Waals surface area contributed by atoms with Gasteiger partial charge in [-0.05, 0) is 49.0 Å². The molecule has 0 radical (unpaired) electrons. The molecule has 176 valence electrons. The van der Waals surface area contributed by atoms with Crippen LogP contribution < -0.4 is 10.8 Å². The first-order valence-electron chi connectivity index (χ1n) is 11.6. The van der Waals surface area contributed by atoms with Gasteiger partial charge >= 0.3 is 0 Å². The van der Waals surface area contributed by atoms with E-state index in [-0.39, 0.29) is 12.2 Å². The number of ether oxygens (including phenoxy) is 1. The fraction of sp³-hybridized carbons (Fsp3) is 0.440. The number of hydroxylamine groups is 1. The molecule has 2 aliphatic heterocycles. The van der Waals surface area contributed by atoms with E-state index < -0.39 is 0 Å². The molecule has 4 rings (SSSR count). The number of carbonyl (C=O) groups excluding carboxylic acids is 1. The molecular formula is C25H31ClN4O3. The number of hydrogen-bond donors (Lipinski definition) is 2. The average molecular weight is 471 g/mol. The van der Waals surface area contributed by atoms with Crippen LogP contribution in [0.2, 0.25) is 5.02 Å². The Bertz CT molecular complexity index is 927. The van der Waals surface area contributed by atoms with Crippen molar-refractivity contribution in [3.63, 3.8) is 0 Å². The predicted molar refractivity (Wildman–Crippen MR) is 129 cm³/mol. The number of nitrogens with zero attached hydrogens (tertiary/aromatic N) is 2. The van der Waals surface area contributed by atoms with Gasteiger partial charge in [0, 0.05) is 51.0 Å². The van der Waals surface area contributed by atoms with Crippen LogP contribution in [0.25, 0.3) is 6.08 Å². The summed E-state index contributed by atoms with van der Waals surface area (Å²) in [7, 11) is 0. The van der Waals surface area contributed by atoms with Crippen molar-refractivity contribution in [1.29, 1.82) is 0 Å². The highest BCUT2D eigenvalue weighted by Gasteiger charge is 2.20. The van der Waals surface area contributed by atoms with Gasteiger partial charge in [-0.3, -0.25) is 9.69 Å². The van der Waals surface area contributed by atoms with E-state index in [9.17, 15) is 4.79 Å². The molecule has 2 fully saturated rings. The largest absolute Gasteiger partial charge is 0.366 e. The second kappa shape index (κ2) is 12.1. The third kappa shape index (κ3) is 7.54. The summed E-state index contributed by atoms with van der Waals surface area (Å²) in [5.74, 6) is 0.322. The van der Waals surface area contributed by atoms with Gasteiger partial charge in [-0.2, -0.15) is 0 Å². The number of carbonyl (C=O) groups is 1. The zero-order chi connectivity index (χ0) is 22.9. The minimum Gasteiger partial charge on any atom is -0.366 e. The van der Waals surface area contributed by atoms with Crippen molar-refractivity contribution in [1.82, 2.24) is 15.4 Å². The molecule has 1 unspecified atom stereocenters. The fourth-order valence-electron chi connectivity index (χ4n) is 4.05. The van der Waals surface area contributed by atoms with E-state index in [1.54, 1.807) is 18.3 Å². The van der Waals surface area contributed by atoms with E-state index in [4.69, 9.17) is 21.2 Å². The van der Waals surface area contributed by atoms with E-state index >= 15 is 0 Å². The Morgan fingerprint density at radius 3 is 2.76 bits per heavy atom. The lowest BCUT2D eigenvalue weighted by molar-refractivity contribution is -0.198. The molecule has 0 spiro atoms. The van der Waals surface area contributed by atoms with Crippen molar-refractivity contribution in [3.05, 3.63) is 64.8 Å². The molecule has 33 heavy (non-hydrogen) atoms. The number of anilines is 1. The van der Waals surface area contributed by atoms with Crippen LogP contribution in [0.1, 0.15) is 43.2 Å². The summed E-state index contributed by atoms with van der Waals surface area (Å²) in [6.45, 7) is 3.72. The molecule has 8 heteroatoms. The summed E-state index contributed by atoms with van der Waals surface area (Å²) in [5.41, 5.74) is 4.49. The summed E-state index contributed by atoms with van der Waals surface area (Å²) in [5, 5.41) is 4.01. The van der Waals surface area contributed by atoms with Crippen LogP contribution in [-0.4, -0.2) is 47.8 Å². The maximum absolute atomic E-state index is 12.0. The molecule has 3 heterocycles. The van der Waals surface area contributed by atoms with Gasteiger partial charge in [0.25, 0.3) is 5.91 Å². The van der Waals surface area contributed by atoms with Gasteiger partial charge in [0.15, 0.2) is 6.29 Å². The highest BCUT2D eigenvalue weighted by molar-refractivity contribution is 6.33. The van der Waals surface area contributed by atoms with Gasteiger partial charge < -0.3 is 10.1 Å². The molecule has 7 nitrogen and oxygen atoms in total. The number of halogens is 1. The number of piperidine rings is 1. The van der Waals surface area contributed by atoms with Gasteiger partial charge in [0.1, 0.15) is 5.82 Å². The zero-order valence-electron chi connectivity index (χ0n) is 18.7. The maximum Gasteiger partial charge on any atom is 0.267 e. The summed E-state index contributed by atoms with van der Waals surface area (Å²) in [4.78, 5) is 24.2. The van der Waals surface area contributed by atoms with Gasteiger partial charge in [0.05, 0.1) is 5.02 Å². The topological polar surface area (TPSA) is 75.7 Å². The van der Waals surface area contributed by atoms with Crippen molar-refractivity contribution in [2.75, 3.05) is 25.0 Å². The first-order chi connectivity index (χ1) is 16.2. The van der Waals surface area contributed by atoms with Gasteiger partial charge in [0.2, 0.25) is 0 Å². The smallest absolute Gasteiger partial charge is 0.267 e. The van der Waals surface area contributed by atoms with Crippen molar-refractivity contribution in [3.8, 4) is 0 Å². The van der Waals surface area contributed by atoms with Crippen LogP contribution in [0.5, 0.6) is 0 Å². The summed E-state index contributed by atoms with van der Waals surface area (Å²) < 4.78 is 5.42. The highest BCUT2D eigenvalue weighted by Crippen LogP contribution is 2.24. The molecule has 1 aromatic heterocycles. The van der Waals surface area contributed by atoms with Crippen molar-refractivity contribution < 1.29 is 14.4 Å². The van der Waals surface area contributed by atoms with E-state index in [0.717, 1.165) is 57.3 Å². The van der Waals surface area contributed by atoms with E-state index in [2.05, 4.69) is 44.9 Å².